The maximum absolute atomic E-state index is 12.1. The highest BCUT2D eigenvalue weighted by molar-refractivity contribution is 5.93. The van der Waals surface area contributed by atoms with Gasteiger partial charge in [0.05, 0.1) is 11.4 Å². The molecule has 0 spiro atoms. The second-order valence-electron chi connectivity index (χ2n) is 6.01. The van der Waals surface area contributed by atoms with Crippen LogP contribution >= 0.6 is 0 Å². The number of carbonyl (C=O) groups excluding carboxylic acids is 1. The van der Waals surface area contributed by atoms with Gasteiger partial charge in [0, 0.05) is 43.1 Å². The molecular weight excluding hydrogens is 342 g/mol. The molecule has 0 fully saturated rings. The van der Waals surface area contributed by atoms with Crippen LogP contribution in [0.1, 0.15) is 5.56 Å². The predicted octanol–water partition coefficient (Wildman–Crippen LogP) is 3.14. The van der Waals surface area contributed by atoms with E-state index in [1.165, 1.54) is 4.90 Å². The topological polar surface area (TPSA) is 75.4 Å². The maximum atomic E-state index is 12.1. The smallest absolute Gasteiger partial charge is 0.328 e. The maximum Gasteiger partial charge on any atom is 0.328 e. The van der Waals surface area contributed by atoms with E-state index in [0.717, 1.165) is 34.7 Å². The number of carboxylic acids is 1. The number of carboxylic acid groups (broad SMARTS) is 1. The number of amides is 1. The molecular formula is C21H19N3O3. The average Bonchev–Trinajstić information content (AvgIpc) is 3.11. The molecule has 0 bridgehead atoms. The molecule has 2 aromatic carbocycles. The van der Waals surface area contributed by atoms with Gasteiger partial charge in [-0.15, -0.1) is 0 Å². The summed E-state index contributed by atoms with van der Waals surface area (Å²) in [5, 5.41) is 13.4. The fourth-order valence-electron chi connectivity index (χ4n) is 2.68. The van der Waals surface area contributed by atoms with Crippen molar-refractivity contribution in [3.05, 3.63) is 84.6 Å². The van der Waals surface area contributed by atoms with Gasteiger partial charge in [0.2, 0.25) is 5.91 Å². The number of hydrogen-bond acceptors (Lipinski definition) is 3. The predicted molar refractivity (Wildman–Crippen MR) is 102 cm³/mol. The summed E-state index contributed by atoms with van der Waals surface area (Å²) in [5.74, 6) is -1.54. The molecule has 6 nitrogen and oxygen atoms in total. The summed E-state index contributed by atoms with van der Waals surface area (Å²) >= 11 is 0. The average molecular weight is 361 g/mol. The van der Waals surface area contributed by atoms with E-state index in [1.54, 1.807) is 11.7 Å². The molecule has 1 heterocycles. The third-order valence-corrected chi connectivity index (χ3v) is 4.01. The van der Waals surface area contributed by atoms with E-state index in [1.807, 2.05) is 66.9 Å². The molecule has 0 saturated heterocycles. The van der Waals surface area contributed by atoms with Crippen LogP contribution in [0.3, 0.4) is 0 Å². The quantitative estimate of drug-likeness (QED) is 0.685. The Morgan fingerprint density at radius 1 is 1.04 bits per heavy atom. The number of likely N-dealkylation sites (N-methyl/N-ethyl adjacent to an activating group) is 1. The number of nitrogens with zero attached hydrogens (tertiary/aromatic N) is 3. The summed E-state index contributed by atoms with van der Waals surface area (Å²) in [5.41, 5.74) is 3.51. The van der Waals surface area contributed by atoms with E-state index < -0.39 is 5.97 Å². The molecule has 136 valence electrons. The summed E-state index contributed by atoms with van der Waals surface area (Å²) in [6.07, 6.45) is 3.78. The van der Waals surface area contributed by atoms with Crippen LogP contribution in [0.25, 0.3) is 16.9 Å². The van der Waals surface area contributed by atoms with Crippen molar-refractivity contribution in [2.75, 3.05) is 7.05 Å². The number of aromatic nitrogens is 2. The van der Waals surface area contributed by atoms with Gasteiger partial charge >= 0.3 is 5.97 Å². The minimum Gasteiger partial charge on any atom is -0.478 e. The van der Waals surface area contributed by atoms with Crippen LogP contribution in [-0.4, -0.2) is 38.7 Å². The van der Waals surface area contributed by atoms with Gasteiger partial charge in [0.15, 0.2) is 0 Å². The van der Waals surface area contributed by atoms with Crippen LogP contribution in [-0.2, 0) is 16.1 Å². The molecule has 3 rings (SSSR count). The van der Waals surface area contributed by atoms with Crippen molar-refractivity contribution in [1.82, 2.24) is 14.7 Å². The van der Waals surface area contributed by atoms with Crippen LogP contribution < -0.4 is 0 Å². The molecule has 0 aliphatic rings. The minimum atomic E-state index is -1.15. The summed E-state index contributed by atoms with van der Waals surface area (Å²) in [4.78, 5) is 24.2. The Balaban J connectivity index is 1.94. The summed E-state index contributed by atoms with van der Waals surface area (Å²) < 4.78 is 1.78. The van der Waals surface area contributed by atoms with Crippen LogP contribution in [0.2, 0.25) is 0 Å². The van der Waals surface area contributed by atoms with Crippen LogP contribution in [0.15, 0.2) is 79.0 Å². The van der Waals surface area contributed by atoms with Gasteiger partial charge < -0.3 is 10.0 Å². The first-order valence-electron chi connectivity index (χ1n) is 8.40. The molecule has 0 radical (unpaired) electrons. The fourth-order valence-corrected chi connectivity index (χ4v) is 2.68. The molecule has 1 amide bonds. The fraction of sp³-hybridized carbons (Fsp3) is 0.0952. The lowest BCUT2D eigenvalue weighted by molar-refractivity contribution is -0.132. The molecule has 0 atom stereocenters. The Labute approximate surface area is 157 Å². The van der Waals surface area contributed by atoms with Crippen molar-refractivity contribution in [3.8, 4) is 16.9 Å². The van der Waals surface area contributed by atoms with Gasteiger partial charge in [0.1, 0.15) is 0 Å². The van der Waals surface area contributed by atoms with Gasteiger partial charge in [-0.1, -0.05) is 48.5 Å². The van der Waals surface area contributed by atoms with Crippen LogP contribution in [0.4, 0.5) is 0 Å². The minimum absolute atomic E-state index is 0.305. The lowest BCUT2D eigenvalue weighted by Crippen LogP contribution is -2.24. The second kappa shape index (κ2) is 8.14. The number of carbonyl (C=O) groups is 2. The Bertz CT molecular complexity index is 963. The van der Waals surface area contributed by atoms with Gasteiger partial charge in [-0.3, -0.25) is 4.79 Å². The van der Waals surface area contributed by atoms with Crippen molar-refractivity contribution in [2.45, 2.75) is 6.54 Å². The zero-order valence-corrected chi connectivity index (χ0v) is 14.8. The molecule has 0 aliphatic carbocycles. The van der Waals surface area contributed by atoms with E-state index in [2.05, 4.69) is 0 Å². The van der Waals surface area contributed by atoms with Crippen molar-refractivity contribution >= 4 is 11.9 Å². The number of para-hydroxylation sites is 1. The number of hydrogen-bond donors (Lipinski definition) is 1. The molecule has 6 heteroatoms. The van der Waals surface area contributed by atoms with Gasteiger partial charge in [-0.05, 0) is 12.1 Å². The third-order valence-electron chi connectivity index (χ3n) is 4.01. The van der Waals surface area contributed by atoms with E-state index in [9.17, 15) is 9.59 Å². The lowest BCUT2D eigenvalue weighted by Gasteiger charge is -2.14. The highest BCUT2D eigenvalue weighted by Crippen LogP contribution is 2.24. The first-order chi connectivity index (χ1) is 13.0. The SMILES string of the molecule is CN(Cc1cn(-c2ccccc2)nc1-c1ccccc1)C(=O)/C=C/C(=O)O. The van der Waals surface area contributed by atoms with Crippen molar-refractivity contribution < 1.29 is 14.7 Å². The molecule has 27 heavy (non-hydrogen) atoms. The zero-order valence-electron chi connectivity index (χ0n) is 14.8. The Morgan fingerprint density at radius 2 is 1.67 bits per heavy atom. The van der Waals surface area contributed by atoms with Gasteiger partial charge in [-0.25, -0.2) is 9.48 Å². The van der Waals surface area contributed by atoms with Crippen LogP contribution in [0.5, 0.6) is 0 Å². The van der Waals surface area contributed by atoms with E-state index in [0.29, 0.717) is 6.54 Å². The lowest BCUT2D eigenvalue weighted by atomic mass is 10.1. The van der Waals surface area contributed by atoms with E-state index in [-0.39, 0.29) is 5.91 Å². The first kappa shape index (κ1) is 18.1. The molecule has 1 N–H and O–H groups in total. The summed E-state index contributed by atoms with van der Waals surface area (Å²) in [7, 11) is 1.63. The number of benzene rings is 2. The highest BCUT2D eigenvalue weighted by atomic mass is 16.4. The monoisotopic (exact) mass is 361 g/mol. The van der Waals surface area contributed by atoms with Crippen molar-refractivity contribution in [2.24, 2.45) is 0 Å². The molecule has 1 aromatic heterocycles. The largest absolute Gasteiger partial charge is 0.478 e. The van der Waals surface area contributed by atoms with Gasteiger partial charge in [0.25, 0.3) is 0 Å². The summed E-state index contributed by atoms with van der Waals surface area (Å²) in [6.45, 7) is 0.305. The highest BCUT2D eigenvalue weighted by Gasteiger charge is 2.15. The Morgan fingerprint density at radius 3 is 2.30 bits per heavy atom. The van der Waals surface area contributed by atoms with Crippen molar-refractivity contribution in [1.29, 1.82) is 0 Å². The molecule has 0 aliphatic heterocycles. The molecule has 3 aromatic rings. The number of rotatable bonds is 6. The second-order valence-corrected chi connectivity index (χ2v) is 6.01. The van der Waals surface area contributed by atoms with Crippen LogP contribution in [0, 0.1) is 0 Å². The zero-order chi connectivity index (χ0) is 19.2. The van der Waals surface area contributed by atoms with Crippen molar-refractivity contribution in [3.63, 3.8) is 0 Å². The standard InChI is InChI=1S/C21H19N3O3/c1-23(19(25)12-13-20(26)27)14-17-15-24(18-10-6-3-7-11-18)22-21(17)16-8-4-2-5-9-16/h2-13,15H,14H2,1H3,(H,26,27)/b13-12+. The normalized spacial score (nSPS) is 10.9. The Hall–Kier alpha value is -3.67. The Kier molecular flexibility index (Phi) is 5.47. The molecule has 0 unspecified atom stereocenters. The van der Waals surface area contributed by atoms with Gasteiger partial charge in [-0.2, -0.15) is 5.10 Å². The molecule has 0 saturated carbocycles. The van der Waals surface area contributed by atoms with E-state index in [4.69, 9.17) is 10.2 Å². The third kappa shape index (κ3) is 4.49. The van der Waals surface area contributed by atoms with E-state index >= 15 is 0 Å². The number of aliphatic carboxylic acids is 1. The summed E-state index contributed by atoms with van der Waals surface area (Å²) in [6, 6.07) is 19.5. The first-order valence-corrected chi connectivity index (χ1v) is 8.40.